The van der Waals surface area contributed by atoms with E-state index in [1.54, 1.807) is 0 Å². The van der Waals surface area contributed by atoms with Crippen LogP contribution >= 0.6 is 11.3 Å². The van der Waals surface area contributed by atoms with Crippen LogP contribution in [0.3, 0.4) is 0 Å². The van der Waals surface area contributed by atoms with Gasteiger partial charge in [0.2, 0.25) is 16.9 Å². The smallest absolute Gasteiger partial charge is 0.325 e. The van der Waals surface area contributed by atoms with Gasteiger partial charge in [-0.2, -0.15) is 0 Å². The van der Waals surface area contributed by atoms with Crippen LogP contribution in [0.2, 0.25) is 0 Å². The van der Waals surface area contributed by atoms with Gasteiger partial charge in [-0.3, -0.25) is 15.3 Å². The second-order valence-corrected chi connectivity index (χ2v) is 10.6. The number of rotatable bonds is 10. The number of nitrogen functional groups attached to an aromatic ring is 1. The molecule has 226 valence electrons. The maximum atomic E-state index is 14.0. The zero-order chi connectivity index (χ0) is 30.7. The van der Waals surface area contributed by atoms with Crippen LogP contribution in [0.1, 0.15) is 29.0 Å². The van der Waals surface area contributed by atoms with E-state index in [9.17, 15) is 13.6 Å². The number of carbonyl (C=O) groups excluding carboxylic acids is 1. The molecule has 0 saturated heterocycles. The number of ether oxygens (including phenoxy) is 2. The van der Waals surface area contributed by atoms with Gasteiger partial charge < -0.3 is 20.5 Å². The normalized spacial score (nSPS) is 12.0. The molecule has 6 rings (SSSR count). The highest BCUT2D eigenvalue weighted by Crippen LogP contribution is 2.33. The zero-order valence-corrected chi connectivity index (χ0v) is 24.0. The SMILES string of the molecule is Nc1ccc(F)c(COc2cnccn2)c1.O=C(Nc1ccc(F)c(COc2cnccn2)c1)Nc1nnc(CC2CC2)s1. The summed E-state index contributed by atoms with van der Waals surface area (Å²) in [6, 6.07) is 8.12. The first kappa shape index (κ1) is 30.2. The van der Waals surface area contributed by atoms with Gasteiger partial charge in [-0.1, -0.05) is 11.3 Å². The third-order valence-corrected chi connectivity index (χ3v) is 6.91. The van der Waals surface area contributed by atoms with Crippen molar-refractivity contribution in [1.29, 1.82) is 0 Å². The van der Waals surface area contributed by atoms with Crippen molar-refractivity contribution in [1.82, 2.24) is 30.1 Å². The lowest BCUT2D eigenvalue weighted by atomic mass is 10.2. The minimum atomic E-state index is -0.471. The van der Waals surface area contributed by atoms with Crippen molar-refractivity contribution in [3.05, 3.63) is 101 Å². The average Bonchev–Trinajstić information content (AvgIpc) is 3.75. The molecule has 12 nitrogen and oxygen atoms in total. The molecule has 1 aliphatic rings. The van der Waals surface area contributed by atoms with Gasteiger partial charge in [-0.15, -0.1) is 10.2 Å². The Morgan fingerprint density at radius 3 is 2.11 bits per heavy atom. The molecule has 0 aliphatic heterocycles. The number of nitrogens with two attached hydrogens (primary N) is 1. The molecular formula is C29H27F2N9O3S. The van der Waals surface area contributed by atoms with E-state index >= 15 is 0 Å². The lowest BCUT2D eigenvalue weighted by Gasteiger charge is -2.09. The molecular weight excluding hydrogens is 592 g/mol. The summed E-state index contributed by atoms with van der Waals surface area (Å²) >= 11 is 1.36. The van der Waals surface area contributed by atoms with Crippen molar-refractivity contribution < 1.29 is 23.0 Å². The minimum absolute atomic E-state index is 0.0391. The fourth-order valence-electron chi connectivity index (χ4n) is 3.71. The van der Waals surface area contributed by atoms with Crippen LogP contribution in [0.5, 0.6) is 11.8 Å². The molecule has 1 aliphatic carbocycles. The third kappa shape index (κ3) is 9.35. The molecule has 0 atom stereocenters. The van der Waals surface area contributed by atoms with Crippen LogP contribution in [0.25, 0.3) is 0 Å². The summed E-state index contributed by atoms with van der Waals surface area (Å²) in [5.41, 5.74) is 7.15. The average molecular weight is 620 g/mol. The fourth-order valence-corrected chi connectivity index (χ4v) is 4.56. The Morgan fingerprint density at radius 2 is 1.50 bits per heavy atom. The molecule has 4 N–H and O–H groups in total. The fraction of sp³-hybridized carbons (Fsp3) is 0.207. The maximum absolute atomic E-state index is 14.0. The monoisotopic (exact) mass is 619 g/mol. The van der Waals surface area contributed by atoms with E-state index in [1.807, 2.05) is 0 Å². The van der Waals surface area contributed by atoms with Crippen LogP contribution in [0.15, 0.2) is 73.6 Å². The number of benzene rings is 2. The molecule has 2 amide bonds. The largest absolute Gasteiger partial charge is 0.472 e. The van der Waals surface area contributed by atoms with Crippen molar-refractivity contribution in [2.45, 2.75) is 32.5 Å². The summed E-state index contributed by atoms with van der Waals surface area (Å²) < 4.78 is 38.0. The highest BCUT2D eigenvalue weighted by Gasteiger charge is 2.23. The number of hydrogen-bond donors (Lipinski definition) is 3. The number of nitrogens with one attached hydrogen (secondary N) is 2. The lowest BCUT2D eigenvalue weighted by molar-refractivity contribution is 0.262. The molecule has 0 radical (unpaired) electrons. The summed E-state index contributed by atoms with van der Waals surface area (Å²) in [4.78, 5) is 27.8. The summed E-state index contributed by atoms with van der Waals surface area (Å²) in [7, 11) is 0. The molecule has 0 bridgehead atoms. The lowest BCUT2D eigenvalue weighted by Crippen LogP contribution is -2.19. The molecule has 5 aromatic rings. The standard InChI is InChI=1S/C18H17FN6O2S.C11H10FN3O/c19-14-4-3-13(8-12(14)10-27-15-9-20-5-6-21-15)22-17(26)23-18-25-24-16(28-18)7-11-1-2-11;12-10-2-1-9(13)5-8(10)7-16-11-6-14-3-4-15-11/h3-6,8-9,11H,1-2,7,10H2,(H2,22,23,25,26);1-6H,7,13H2. The highest BCUT2D eigenvalue weighted by atomic mass is 32.1. The minimum Gasteiger partial charge on any atom is -0.472 e. The van der Waals surface area contributed by atoms with Gasteiger partial charge in [0.15, 0.2) is 0 Å². The predicted molar refractivity (Wildman–Crippen MR) is 159 cm³/mol. The first-order valence-corrected chi connectivity index (χ1v) is 14.2. The number of hydrogen-bond acceptors (Lipinski definition) is 11. The summed E-state index contributed by atoms with van der Waals surface area (Å²) in [5.74, 6) is 0.554. The second-order valence-electron chi connectivity index (χ2n) is 9.55. The van der Waals surface area contributed by atoms with Crippen LogP contribution < -0.4 is 25.8 Å². The topological polar surface area (TPSA) is 163 Å². The third-order valence-electron chi connectivity index (χ3n) is 6.05. The molecule has 15 heteroatoms. The number of nitrogens with zero attached hydrogens (tertiary/aromatic N) is 6. The molecule has 0 unspecified atom stereocenters. The first-order chi connectivity index (χ1) is 21.4. The van der Waals surface area contributed by atoms with Crippen molar-refractivity contribution >= 4 is 33.9 Å². The first-order valence-electron chi connectivity index (χ1n) is 13.4. The van der Waals surface area contributed by atoms with Gasteiger partial charge in [-0.05, 0) is 55.2 Å². The van der Waals surface area contributed by atoms with E-state index < -0.39 is 11.8 Å². The van der Waals surface area contributed by atoms with Gasteiger partial charge in [0.1, 0.15) is 29.9 Å². The summed E-state index contributed by atoms with van der Waals surface area (Å²) in [6.07, 6.45) is 12.3. The van der Waals surface area contributed by atoms with Gasteiger partial charge in [0.05, 0.1) is 12.4 Å². The molecule has 2 aromatic carbocycles. The number of urea groups is 1. The van der Waals surface area contributed by atoms with E-state index in [1.165, 1.54) is 97.8 Å². The Balaban J connectivity index is 0.000000204. The Bertz CT molecular complexity index is 1680. The van der Waals surface area contributed by atoms with E-state index in [0.29, 0.717) is 33.9 Å². The highest BCUT2D eigenvalue weighted by molar-refractivity contribution is 7.15. The Hall–Kier alpha value is -5.31. The van der Waals surface area contributed by atoms with Gasteiger partial charge in [0.25, 0.3) is 0 Å². The van der Waals surface area contributed by atoms with E-state index in [-0.39, 0.29) is 30.5 Å². The molecule has 1 fully saturated rings. The van der Waals surface area contributed by atoms with E-state index in [2.05, 4.69) is 40.8 Å². The number of halogens is 2. The van der Waals surface area contributed by atoms with Gasteiger partial charge >= 0.3 is 6.03 Å². The summed E-state index contributed by atoms with van der Waals surface area (Å²) in [6.45, 7) is 0.0398. The van der Waals surface area contributed by atoms with Crippen LogP contribution in [0.4, 0.5) is 30.1 Å². The van der Waals surface area contributed by atoms with Crippen LogP contribution in [-0.4, -0.2) is 36.2 Å². The number of carbonyl (C=O) groups is 1. The molecule has 1 saturated carbocycles. The van der Waals surface area contributed by atoms with Crippen molar-refractivity contribution in [3.8, 4) is 11.8 Å². The van der Waals surface area contributed by atoms with Crippen molar-refractivity contribution in [3.63, 3.8) is 0 Å². The Kier molecular flexibility index (Phi) is 10.1. The number of anilines is 3. The predicted octanol–water partition coefficient (Wildman–Crippen LogP) is 5.42. The van der Waals surface area contributed by atoms with Gasteiger partial charge in [-0.25, -0.2) is 23.5 Å². The number of amides is 2. The molecule has 44 heavy (non-hydrogen) atoms. The Labute approximate surface area is 254 Å². The number of aromatic nitrogens is 6. The van der Waals surface area contributed by atoms with Gasteiger partial charge in [0, 0.05) is 53.7 Å². The second kappa shape index (κ2) is 14.7. The zero-order valence-electron chi connectivity index (χ0n) is 23.2. The van der Waals surface area contributed by atoms with Crippen molar-refractivity contribution in [2.24, 2.45) is 5.92 Å². The Morgan fingerprint density at radius 1 is 0.864 bits per heavy atom. The van der Waals surface area contributed by atoms with Crippen LogP contribution in [0, 0.1) is 17.6 Å². The van der Waals surface area contributed by atoms with Crippen molar-refractivity contribution in [2.75, 3.05) is 16.4 Å². The molecule has 3 aromatic heterocycles. The maximum Gasteiger partial charge on any atom is 0.325 e. The van der Waals surface area contributed by atoms with Crippen LogP contribution in [-0.2, 0) is 19.6 Å². The summed E-state index contributed by atoms with van der Waals surface area (Å²) in [5, 5.41) is 14.7. The molecule has 3 heterocycles. The van der Waals surface area contributed by atoms with E-state index in [4.69, 9.17) is 15.2 Å². The van der Waals surface area contributed by atoms with E-state index in [0.717, 1.165) is 11.4 Å². The molecule has 0 spiro atoms. The quantitative estimate of drug-likeness (QED) is 0.172.